The van der Waals surface area contributed by atoms with Crippen LogP contribution in [0.1, 0.15) is 25.5 Å². The number of aliphatic imine (C=N–C) groups is 1. The van der Waals surface area contributed by atoms with Crippen molar-refractivity contribution < 1.29 is 4.74 Å². The highest BCUT2D eigenvalue weighted by molar-refractivity contribution is 14.0. The monoisotopic (exact) mass is 515 g/mol. The summed E-state index contributed by atoms with van der Waals surface area (Å²) in [5, 5.41) is 7.77. The molecule has 1 aromatic rings. The van der Waals surface area contributed by atoms with Gasteiger partial charge in [-0.05, 0) is 32.4 Å². The van der Waals surface area contributed by atoms with Crippen molar-refractivity contribution in [2.75, 3.05) is 32.8 Å². The molecule has 0 amide bonds. The summed E-state index contributed by atoms with van der Waals surface area (Å²) >= 11 is 12.2. The third-order valence-corrected chi connectivity index (χ3v) is 5.76. The van der Waals surface area contributed by atoms with Crippen LogP contribution in [0.5, 0.6) is 0 Å². The first-order chi connectivity index (χ1) is 12.1. The Morgan fingerprint density at radius 1 is 1.38 bits per heavy atom. The van der Waals surface area contributed by atoms with E-state index in [4.69, 9.17) is 27.9 Å². The summed E-state index contributed by atoms with van der Waals surface area (Å²) in [6.45, 7) is 7.18. The Bertz CT molecular complexity index is 625. The largest absolute Gasteiger partial charge is 0.373 e. The predicted molar refractivity (Wildman–Crippen MR) is 118 cm³/mol. The van der Waals surface area contributed by atoms with Crippen molar-refractivity contribution in [3.05, 3.63) is 21.9 Å². The molecule has 3 heterocycles. The summed E-state index contributed by atoms with van der Waals surface area (Å²) in [5.41, 5.74) is 0.973. The van der Waals surface area contributed by atoms with Gasteiger partial charge in [-0.1, -0.05) is 23.2 Å². The van der Waals surface area contributed by atoms with Crippen molar-refractivity contribution in [3.8, 4) is 0 Å². The number of morpholine rings is 1. The van der Waals surface area contributed by atoms with Gasteiger partial charge >= 0.3 is 0 Å². The van der Waals surface area contributed by atoms with Gasteiger partial charge in [0, 0.05) is 38.4 Å². The number of hydrogen-bond donors (Lipinski definition) is 2. The number of nitrogens with zero attached hydrogens (tertiary/aromatic N) is 3. The minimum Gasteiger partial charge on any atom is -0.373 e. The van der Waals surface area contributed by atoms with E-state index in [1.165, 1.54) is 19.4 Å². The second-order valence-corrected chi connectivity index (χ2v) is 7.42. The number of ether oxygens (including phenoxy) is 1. The number of fused-ring (bicyclic) bond motifs is 1. The molecule has 0 spiro atoms. The summed E-state index contributed by atoms with van der Waals surface area (Å²) in [5.74, 6) is 0.781. The predicted octanol–water partition coefficient (Wildman–Crippen LogP) is 2.87. The zero-order chi connectivity index (χ0) is 17.8. The van der Waals surface area contributed by atoms with Crippen molar-refractivity contribution in [2.45, 2.75) is 38.5 Å². The SMILES string of the molecule is CCNC(=NCc1cc(Cl)c(Cl)n1C)NCC1CN2CCCC2CO1.I. The number of nitrogens with one attached hydrogen (secondary N) is 2. The third kappa shape index (κ3) is 5.41. The van der Waals surface area contributed by atoms with E-state index in [-0.39, 0.29) is 30.1 Å². The van der Waals surface area contributed by atoms with Gasteiger partial charge in [0.05, 0.1) is 24.3 Å². The lowest BCUT2D eigenvalue weighted by Gasteiger charge is -2.35. The number of guanidine groups is 1. The first-order valence-electron chi connectivity index (χ1n) is 8.96. The van der Waals surface area contributed by atoms with E-state index in [9.17, 15) is 0 Å². The molecule has 2 unspecified atom stereocenters. The molecule has 2 saturated heterocycles. The normalized spacial score (nSPS) is 23.5. The Labute approximate surface area is 182 Å². The van der Waals surface area contributed by atoms with Gasteiger partial charge in [-0.15, -0.1) is 24.0 Å². The van der Waals surface area contributed by atoms with Gasteiger partial charge in [0.2, 0.25) is 0 Å². The van der Waals surface area contributed by atoms with Crippen molar-refractivity contribution in [2.24, 2.45) is 12.0 Å². The molecule has 2 N–H and O–H groups in total. The first kappa shape index (κ1) is 22.1. The fourth-order valence-electron chi connectivity index (χ4n) is 3.46. The number of rotatable bonds is 5. The molecule has 9 heteroatoms. The lowest BCUT2D eigenvalue weighted by Crippen LogP contribution is -2.51. The molecular weight excluding hydrogens is 488 g/mol. The second-order valence-electron chi connectivity index (χ2n) is 6.66. The maximum Gasteiger partial charge on any atom is 0.191 e. The van der Waals surface area contributed by atoms with E-state index in [1.807, 2.05) is 17.7 Å². The number of aromatic nitrogens is 1. The van der Waals surface area contributed by atoms with Crippen LogP contribution in [0.15, 0.2) is 11.1 Å². The van der Waals surface area contributed by atoms with Crippen LogP contribution in [-0.2, 0) is 18.3 Å². The van der Waals surface area contributed by atoms with Crippen molar-refractivity contribution >= 4 is 53.1 Å². The Hall–Kier alpha value is -0.220. The molecule has 0 aliphatic carbocycles. The van der Waals surface area contributed by atoms with Gasteiger partial charge in [-0.3, -0.25) is 4.90 Å². The summed E-state index contributed by atoms with van der Waals surface area (Å²) < 4.78 is 7.85. The Morgan fingerprint density at radius 2 is 2.19 bits per heavy atom. The third-order valence-electron chi connectivity index (χ3n) is 4.92. The summed E-state index contributed by atoms with van der Waals surface area (Å²) in [7, 11) is 1.89. The highest BCUT2D eigenvalue weighted by atomic mass is 127. The average molecular weight is 516 g/mol. The van der Waals surface area contributed by atoms with Gasteiger partial charge in [-0.25, -0.2) is 4.99 Å². The van der Waals surface area contributed by atoms with Crippen LogP contribution in [0.2, 0.25) is 10.2 Å². The maximum atomic E-state index is 6.11. The molecule has 0 bridgehead atoms. The quantitative estimate of drug-likeness (QED) is 0.359. The Kier molecular flexibility index (Phi) is 8.79. The molecule has 2 aliphatic rings. The van der Waals surface area contributed by atoms with Crippen molar-refractivity contribution in [3.63, 3.8) is 0 Å². The van der Waals surface area contributed by atoms with Crippen LogP contribution in [0.25, 0.3) is 0 Å². The van der Waals surface area contributed by atoms with E-state index in [1.54, 1.807) is 0 Å². The average Bonchev–Trinajstić information content (AvgIpc) is 3.17. The zero-order valence-electron chi connectivity index (χ0n) is 15.3. The van der Waals surface area contributed by atoms with Gasteiger partial charge < -0.3 is 19.9 Å². The van der Waals surface area contributed by atoms with Crippen LogP contribution >= 0.6 is 47.2 Å². The molecule has 6 nitrogen and oxygen atoms in total. The van der Waals surface area contributed by atoms with Crippen LogP contribution in [0.3, 0.4) is 0 Å². The minimum absolute atomic E-state index is 0. The topological polar surface area (TPSA) is 53.8 Å². The molecule has 26 heavy (non-hydrogen) atoms. The van der Waals surface area contributed by atoms with E-state index in [2.05, 4.69) is 27.4 Å². The van der Waals surface area contributed by atoms with Gasteiger partial charge in [-0.2, -0.15) is 0 Å². The molecule has 0 radical (unpaired) electrons. The van der Waals surface area contributed by atoms with Crippen molar-refractivity contribution in [1.82, 2.24) is 20.1 Å². The number of hydrogen-bond acceptors (Lipinski definition) is 3. The zero-order valence-corrected chi connectivity index (χ0v) is 19.1. The summed E-state index contributed by atoms with van der Waals surface area (Å²) in [6.07, 6.45) is 2.77. The molecule has 3 rings (SSSR count). The smallest absolute Gasteiger partial charge is 0.191 e. The maximum absolute atomic E-state index is 6.11. The number of halogens is 3. The highest BCUT2D eigenvalue weighted by Gasteiger charge is 2.32. The lowest BCUT2D eigenvalue weighted by atomic mass is 10.2. The molecule has 0 aromatic carbocycles. The van der Waals surface area contributed by atoms with Gasteiger partial charge in [0.1, 0.15) is 5.15 Å². The molecule has 1 aromatic heterocycles. The molecule has 148 valence electrons. The Morgan fingerprint density at radius 3 is 2.88 bits per heavy atom. The fraction of sp³-hybridized carbons (Fsp3) is 0.706. The van der Waals surface area contributed by atoms with E-state index >= 15 is 0 Å². The molecule has 2 aliphatic heterocycles. The molecule has 2 atom stereocenters. The summed E-state index contributed by atoms with van der Waals surface area (Å²) in [4.78, 5) is 7.19. The van der Waals surface area contributed by atoms with E-state index in [0.29, 0.717) is 22.8 Å². The molecule has 2 fully saturated rings. The molecular formula is C17H28Cl2IN5O. The standard InChI is InChI=1S/C17H27Cl2N5O.HI/c1-3-20-17(21-8-13-7-15(18)16(19)23(13)2)22-9-14-10-24-6-4-5-12(24)11-25-14;/h7,12,14H,3-6,8-11H2,1-2H3,(H2,20,21,22);1H. The van der Waals surface area contributed by atoms with Crippen LogP contribution in [0.4, 0.5) is 0 Å². The minimum atomic E-state index is 0. The molecule has 0 saturated carbocycles. The second kappa shape index (κ2) is 10.4. The summed E-state index contributed by atoms with van der Waals surface area (Å²) in [6, 6.07) is 2.49. The van der Waals surface area contributed by atoms with Crippen molar-refractivity contribution in [1.29, 1.82) is 0 Å². The first-order valence-corrected chi connectivity index (χ1v) is 9.71. The van der Waals surface area contributed by atoms with E-state index in [0.717, 1.165) is 37.9 Å². The van der Waals surface area contributed by atoms with Crippen LogP contribution in [-0.4, -0.2) is 60.4 Å². The van der Waals surface area contributed by atoms with Gasteiger partial charge in [0.25, 0.3) is 0 Å². The Balaban J connectivity index is 0.00000243. The van der Waals surface area contributed by atoms with Crippen LogP contribution in [0, 0.1) is 0 Å². The fourth-order valence-corrected chi connectivity index (χ4v) is 3.88. The van der Waals surface area contributed by atoms with E-state index < -0.39 is 0 Å². The lowest BCUT2D eigenvalue weighted by molar-refractivity contribution is -0.0453. The van der Waals surface area contributed by atoms with Crippen LogP contribution < -0.4 is 10.6 Å². The highest BCUT2D eigenvalue weighted by Crippen LogP contribution is 2.25. The van der Waals surface area contributed by atoms with Gasteiger partial charge in [0.15, 0.2) is 5.96 Å².